The van der Waals surface area contributed by atoms with Crippen molar-refractivity contribution in [2.24, 2.45) is 5.41 Å². The largest absolute Gasteiger partial charge is 0.303 e. The summed E-state index contributed by atoms with van der Waals surface area (Å²) in [5, 5.41) is 3.41. The zero-order chi connectivity index (χ0) is 21.3. The maximum Gasteiger partial charge on any atom is 0.242 e. The molecule has 7 heteroatoms. The van der Waals surface area contributed by atoms with Crippen LogP contribution < -0.4 is 5.32 Å². The van der Waals surface area contributed by atoms with Crippen LogP contribution in [0.2, 0.25) is 0 Å². The maximum absolute atomic E-state index is 14.4. The molecule has 0 radical (unpaired) electrons. The molecule has 0 aromatic heterocycles. The fourth-order valence-electron chi connectivity index (χ4n) is 3.03. The van der Waals surface area contributed by atoms with Crippen LogP contribution in [0.1, 0.15) is 50.9 Å². The molecule has 154 valence electrons. The van der Waals surface area contributed by atoms with Crippen LogP contribution in [-0.2, 0) is 10.0 Å². The first-order chi connectivity index (χ1) is 12.8. The Kier molecular flexibility index (Phi) is 6.63. The summed E-state index contributed by atoms with van der Waals surface area (Å²) in [5.74, 6) is -1.20. The summed E-state index contributed by atoms with van der Waals surface area (Å²) in [7, 11) is -0.521. The second kappa shape index (κ2) is 8.27. The van der Waals surface area contributed by atoms with E-state index in [9.17, 15) is 17.2 Å². The van der Waals surface area contributed by atoms with Gasteiger partial charge in [-0.3, -0.25) is 0 Å². The Labute approximate surface area is 166 Å². The van der Waals surface area contributed by atoms with E-state index in [4.69, 9.17) is 0 Å². The van der Waals surface area contributed by atoms with Crippen molar-refractivity contribution in [1.29, 1.82) is 0 Å². The van der Waals surface area contributed by atoms with E-state index in [1.54, 1.807) is 24.3 Å². The molecule has 0 aliphatic carbocycles. The first-order valence-corrected chi connectivity index (χ1v) is 10.5. The lowest BCUT2D eigenvalue weighted by molar-refractivity contribution is 0.248. The topological polar surface area (TPSA) is 49.4 Å². The molecular weight excluding hydrogens is 382 g/mol. The van der Waals surface area contributed by atoms with E-state index in [1.807, 2.05) is 27.7 Å². The van der Waals surface area contributed by atoms with Crippen LogP contribution >= 0.6 is 0 Å². The van der Waals surface area contributed by atoms with Crippen molar-refractivity contribution >= 4 is 10.0 Å². The molecule has 4 nitrogen and oxygen atoms in total. The van der Waals surface area contributed by atoms with Crippen LogP contribution in [0.5, 0.6) is 0 Å². The van der Waals surface area contributed by atoms with Crippen LogP contribution in [0, 0.1) is 17.0 Å². The fraction of sp³-hybridized carbons (Fsp3) is 0.429. The predicted octanol–water partition coefficient (Wildman–Crippen LogP) is 4.65. The zero-order valence-corrected chi connectivity index (χ0v) is 17.9. The Hall–Kier alpha value is -1.83. The average molecular weight is 411 g/mol. The molecule has 2 aromatic carbocycles. The molecule has 0 amide bonds. The lowest BCUT2D eigenvalue weighted by atomic mass is 9.81. The Morgan fingerprint density at radius 2 is 1.57 bits per heavy atom. The van der Waals surface area contributed by atoms with Gasteiger partial charge in [0.2, 0.25) is 10.0 Å². The van der Waals surface area contributed by atoms with Crippen LogP contribution in [-0.4, -0.2) is 26.8 Å². The van der Waals surface area contributed by atoms with Gasteiger partial charge in [0.25, 0.3) is 0 Å². The normalized spacial score (nSPS) is 14.9. The number of nitrogens with one attached hydrogen (secondary N) is 1. The molecule has 0 unspecified atom stereocenters. The third-order valence-corrected chi connectivity index (χ3v) is 6.54. The van der Waals surface area contributed by atoms with Gasteiger partial charge in [-0.05, 0) is 36.1 Å². The highest BCUT2D eigenvalue weighted by Crippen LogP contribution is 2.36. The SMILES string of the molecule is C[C@@H](N[C@@H](c1ccc(F)cc1F)C(C)(C)C)c1ccc(S(=O)(=O)N(C)C)cc1. The number of halogens is 2. The van der Waals surface area contributed by atoms with E-state index in [0.717, 1.165) is 15.9 Å². The van der Waals surface area contributed by atoms with E-state index < -0.39 is 21.7 Å². The van der Waals surface area contributed by atoms with Gasteiger partial charge in [-0.1, -0.05) is 39.0 Å². The van der Waals surface area contributed by atoms with E-state index in [1.165, 1.54) is 26.2 Å². The fourth-order valence-corrected chi connectivity index (χ4v) is 3.93. The molecule has 0 aliphatic heterocycles. The van der Waals surface area contributed by atoms with Crippen molar-refractivity contribution in [2.45, 2.75) is 44.7 Å². The van der Waals surface area contributed by atoms with Gasteiger partial charge in [0.1, 0.15) is 11.6 Å². The second-order valence-electron chi connectivity index (χ2n) is 8.21. The molecule has 0 fully saturated rings. The number of sulfonamides is 1. The van der Waals surface area contributed by atoms with Crippen LogP contribution in [0.25, 0.3) is 0 Å². The lowest BCUT2D eigenvalue weighted by Gasteiger charge is -2.35. The molecule has 28 heavy (non-hydrogen) atoms. The van der Waals surface area contributed by atoms with Crippen LogP contribution in [0.15, 0.2) is 47.4 Å². The summed E-state index contributed by atoms with van der Waals surface area (Å²) >= 11 is 0. The highest BCUT2D eigenvalue weighted by molar-refractivity contribution is 7.89. The van der Waals surface area contributed by atoms with Crippen molar-refractivity contribution in [2.75, 3.05) is 14.1 Å². The minimum Gasteiger partial charge on any atom is -0.303 e. The van der Waals surface area contributed by atoms with E-state index in [0.29, 0.717) is 5.56 Å². The minimum absolute atomic E-state index is 0.176. The van der Waals surface area contributed by atoms with Crippen molar-refractivity contribution in [3.63, 3.8) is 0 Å². The van der Waals surface area contributed by atoms with E-state index in [-0.39, 0.29) is 22.4 Å². The molecule has 0 heterocycles. The van der Waals surface area contributed by atoms with Gasteiger partial charge in [0.05, 0.1) is 4.90 Å². The quantitative estimate of drug-likeness (QED) is 0.754. The Balaban J connectivity index is 2.30. The summed E-state index contributed by atoms with van der Waals surface area (Å²) in [6.45, 7) is 7.86. The third kappa shape index (κ3) is 4.96. The Morgan fingerprint density at radius 1 is 1.00 bits per heavy atom. The van der Waals surface area contributed by atoms with E-state index >= 15 is 0 Å². The van der Waals surface area contributed by atoms with Crippen molar-refractivity contribution in [1.82, 2.24) is 9.62 Å². The highest BCUT2D eigenvalue weighted by atomic mass is 32.2. The van der Waals surface area contributed by atoms with Gasteiger partial charge in [-0.25, -0.2) is 21.5 Å². The number of rotatable bonds is 6. The summed E-state index contributed by atoms with van der Waals surface area (Å²) < 4.78 is 53.3. The smallest absolute Gasteiger partial charge is 0.242 e. The predicted molar refractivity (Wildman–Crippen MR) is 107 cm³/mol. The summed E-state index contributed by atoms with van der Waals surface area (Å²) in [6.07, 6.45) is 0. The Bertz CT molecular complexity index is 920. The molecule has 2 aromatic rings. The van der Waals surface area contributed by atoms with Crippen LogP contribution in [0.4, 0.5) is 8.78 Å². The van der Waals surface area contributed by atoms with Crippen molar-refractivity contribution < 1.29 is 17.2 Å². The van der Waals surface area contributed by atoms with Gasteiger partial charge < -0.3 is 5.32 Å². The number of nitrogens with zero attached hydrogens (tertiary/aromatic N) is 1. The molecule has 1 N–H and O–H groups in total. The van der Waals surface area contributed by atoms with Crippen LogP contribution in [0.3, 0.4) is 0 Å². The van der Waals surface area contributed by atoms with Crippen molar-refractivity contribution in [3.8, 4) is 0 Å². The monoisotopic (exact) mass is 410 g/mol. The average Bonchev–Trinajstić information content (AvgIpc) is 2.59. The van der Waals surface area contributed by atoms with Gasteiger partial charge in [-0.15, -0.1) is 0 Å². The molecule has 0 aliphatic rings. The molecule has 0 saturated carbocycles. The number of hydrogen-bond donors (Lipinski definition) is 1. The third-order valence-electron chi connectivity index (χ3n) is 4.71. The van der Waals surface area contributed by atoms with Gasteiger partial charge in [0, 0.05) is 37.8 Å². The maximum atomic E-state index is 14.4. The van der Waals surface area contributed by atoms with Gasteiger partial charge >= 0.3 is 0 Å². The number of hydrogen-bond acceptors (Lipinski definition) is 3. The molecule has 0 bridgehead atoms. The molecular formula is C21H28F2N2O2S. The zero-order valence-electron chi connectivity index (χ0n) is 17.1. The first kappa shape index (κ1) is 22.5. The molecule has 0 saturated heterocycles. The van der Waals surface area contributed by atoms with Crippen molar-refractivity contribution in [3.05, 3.63) is 65.2 Å². The standard InChI is InChI=1S/C21H28F2N2O2S/c1-14(15-7-10-17(11-8-15)28(26,27)25(5)6)24-20(21(2,3)4)18-12-9-16(22)13-19(18)23/h7-14,20,24H,1-6H3/t14-,20+/m1/s1. The molecule has 2 rings (SSSR count). The first-order valence-electron chi connectivity index (χ1n) is 9.07. The summed E-state index contributed by atoms with van der Waals surface area (Å²) in [4.78, 5) is 0.213. The van der Waals surface area contributed by atoms with Gasteiger partial charge in [-0.2, -0.15) is 0 Å². The lowest BCUT2D eigenvalue weighted by Crippen LogP contribution is -2.34. The summed E-state index contributed by atoms with van der Waals surface area (Å²) in [6, 6.07) is 9.68. The minimum atomic E-state index is -3.49. The summed E-state index contributed by atoms with van der Waals surface area (Å²) in [5.41, 5.74) is 0.934. The van der Waals surface area contributed by atoms with E-state index in [2.05, 4.69) is 5.32 Å². The molecule has 2 atom stereocenters. The Morgan fingerprint density at radius 3 is 2.04 bits per heavy atom. The number of benzene rings is 2. The molecule has 0 spiro atoms. The second-order valence-corrected chi connectivity index (χ2v) is 10.4. The van der Waals surface area contributed by atoms with Gasteiger partial charge in [0.15, 0.2) is 0 Å². The highest BCUT2D eigenvalue weighted by Gasteiger charge is 2.30.